The Balaban J connectivity index is 1.45. The average molecular weight is 424 g/mol. The molecule has 10 heteroatoms. The van der Waals surface area contributed by atoms with E-state index in [-0.39, 0.29) is 24.5 Å². The van der Waals surface area contributed by atoms with E-state index in [0.717, 1.165) is 56.3 Å². The second-order valence-corrected chi connectivity index (χ2v) is 8.35. The third-order valence-electron chi connectivity index (χ3n) is 6.37. The highest BCUT2D eigenvalue weighted by Gasteiger charge is 2.33. The number of H-pyrrole nitrogens is 1. The molecule has 0 radical (unpaired) electrons. The van der Waals surface area contributed by atoms with Gasteiger partial charge >= 0.3 is 0 Å². The van der Waals surface area contributed by atoms with E-state index in [1.807, 2.05) is 22.9 Å². The van der Waals surface area contributed by atoms with Crippen LogP contribution in [0.5, 0.6) is 11.5 Å². The van der Waals surface area contributed by atoms with Crippen molar-refractivity contribution in [2.24, 2.45) is 0 Å². The molecule has 2 atom stereocenters. The number of ether oxygens (including phenoxy) is 3. The number of nitrogens with one attached hydrogen (secondary N) is 1. The molecule has 0 unspecified atom stereocenters. The van der Waals surface area contributed by atoms with E-state index in [1.54, 1.807) is 0 Å². The van der Waals surface area contributed by atoms with Gasteiger partial charge in [0.2, 0.25) is 6.79 Å². The molecular weight excluding hydrogens is 400 g/mol. The zero-order valence-electron chi connectivity index (χ0n) is 17.1. The van der Waals surface area contributed by atoms with Crippen LogP contribution in [0.3, 0.4) is 0 Å². The molecule has 6 rings (SSSR count). The van der Waals surface area contributed by atoms with Crippen LogP contribution in [0.25, 0.3) is 10.9 Å². The smallest absolute Gasteiger partial charge is 0.253 e. The van der Waals surface area contributed by atoms with Crippen LogP contribution in [0.15, 0.2) is 23.0 Å². The molecule has 3 aliphatic heterocycles. The first kappa shape index (κ1) is 18.8. The lowest BCUT2D eigenvalue weighted by Gasteiger charge is -2.27. The van der Waals surface area contributed by atoms with Gasteiger partial charge in [0.1, 0.15) is 6.04 Å². The molecule has 10 nitrogen and oxygen atoms in total. The van der Waals surface area contributed by atoms with Crippen molar-refractivity contribution in [2.45, 2.75) is 44.4 Å². The molecule has 3 aliphatic rings. The largest absolute Gasteiger partial charge is 0.454 e. The Kier molecular flexibility index (Phi) is 4.61. The maximum atomic E-state index is 13.2. The van der Waals surface area contributed by atoms with Crippen LogP contribution in [-0.2, 0) is 11.3 Å². The van der Waals surface area contributed by atoms with Crippen molar-refractivity contribution in [2.75, 3.05) is 26.5 Å². The quantitative estimate of drug-likeness (QED) is 0.658. The molecule has 2 saturated heterocycles. The monoisotopic (exact) mass is 424 g/mol. The van der Waals surface area contributed by atoms with Gasteiger partial charge in [-0.25, -0.2) is 4.68 Å². The summed E-state index contributed by atoms with van der Waals surface area (Å²) in [5, 5.41) is 13.4. The molecule has 0 spiro atoms. The van der Waals surface area contributed by atoms with Crippen LogP contribution in [0, 0.1) is 0 Å². The third kappa shape index (κ3) is 3.35. The van der Waals surface area contributed by atoms with Crippen molar-refractivity contribution >= 4 is 10.9 Å². The summed E-state index contributed by atoms with van der Waals surface area (Å²) in [6.45, 7) is 3.36. The highest BCUT2D eigenvalue weighted by atomic mass is 16.7. The van der Waals surface area contributed by atoms with E-state index in [0.29, 0.717) is 29.4 Å². The van der Waals surface area contributed by atoms with E-state index >= 15 is 0 Å². The minimum atomic E-state index is -0.322. The Morgan fingerprint density at radius 3 is 2.77 bits per heavy atom. The molecule has 31 heavy (non-hydrogen) atoms. The SMILES string of the molecule is O=c1[nH]c2cc3c(cc2cc1[C@H](c1nnnn1C[C@H]1CCCO1)N1CCCC1)OCO3. The number of benzene rings is 1. The molecule has 0 amide bonds. The van der Waals surface area contributed by atoms with Crippen LogP contribution in [0.1, 0.15) is 43.1 Å². The second kappa shape index (κ2) is 7.61. The molecule has 162 valence electrons. The molecule has 2 fully saturated rings. The highest BCUT2D eigenvalue weighted by molar-refractivity contribution is 5.83. The van der Waals surface area contributed by atoms with Gasteiger partial charge in [0.25, 0.3) is 5.56 Å². The minimum absolute atomic E-state index is 0.108. The number of hydrogen-bond donors (Lipinski definition) is 1. The van der Waals surface area contributed by atoms with Crippen LogP contribution in [0.2, 0.25) is 0 Å². The van der Waals surface area contributed by atoms with Gasteiger partial charge in [-0.05, 0) is 61.3 Å². The number of aromatic amines is 1. The zero-order chi connectivity index (χ0) is 20.8. The standard InChI is InChI=1S/C21H24N6O4/c28-21-15(8-13-9-17-18(31-12-30-17)10-16(13)22-21)19(26-5-1-2-6-26)20-23-24-25-27(20)11-14-4-3-7-29-14/h8-10,14,19H,1-7,11-12H2,(H,22,28)/t14-,19-/m1/s1. The van der Waals surface area contributed by atoms with Crippen LogP contribution >= 0.6 is 0 Å². The van der Waals surface area contributed by atoms with Crippen molar-refractivity contribution in [3.8, 4) is 11.5 Å². The summed E-state index contributed by atoms with van der Waals surface area (Å²) in [5.74, 6) is 2.02. The molecule has 1 N–H and O–H groups in total. The number of hydrogen-bond acceptors (Lipinski definition) is 8. The maximum absolute atomic E-state index is 13.2. The molecule has 1 aromatic carbocycles. The van der Waals surface area contributed by atoms with Crippen LogP contribution in [-0.4, -0.2) is 62.7 Å². The first-order chi connectivity index (χ1) is 15.3. The molecule has 0 saturated carbocycles. The summed E-state index contributed by atoms with van der Waals surface area (Å²) in [6, 6.07) is 5.34. The zero-order valence-corrected chi connectivity index (χ0v) is 17.1. The third-order valence-corrected chi connectivity index (χ3v) is 6.37. The fraction of sp³-hybridized carbons (Fsp3) is 0.524. The number of fused-ring (bicyclic) bond motifs is 2. The molecule has 0 aliphatic carbocycles. The lowest BCUT2D eigenvalue weighted by atomic mass is 10.0. The van der Waals surface area contributed by atoms with E-state index in [2.05, 4.69) is 25.4 Å². The molecule has 3 aromatic rings. The number of likely N-dealkylation sites (tertiary alicyclic amines) is 1. The van der Waals surface area contributed by atoms with Gasteiger partial charge in [0.15, 0.2) is 17.3 Å². The van der Waals surface area contributed by atoms with Crippen molar-refractivity contribution in [3.05, 3.63) is 39.9 Å². The fourth-order valence-corrected chi connectivity index (χ4v) is 4.83. The number of tetrazole rings is 1. The van der Waals surface area contributed by atoms with E-state index in [4.69, 9.17) is 14.2 Å². The van der Waals surface area contributed by atoms with E-state index in [1.165, 1.54) is 0 Å². The van der Waals surface area contributed by atoms with Crippen molar-refractivity contribution in [1.29, 1.82) is 0 Å². The molecule has 0 bridgehead atoms. The normalized spacial score (nSPS) is 21.9. The predicted molar refractivity (Wildman–Crippen MR) is 110 cm³/mol. The van der Waals surface area contributed by atoms with Crippen LogP contribution in [0.4, 0.5) is 0 Å². The number of pyridine rings is 1. The predicted octanol–water partition coefficient (Wildman–Crippen LogP) is 1.61. The minimum Gasteiger partial charge on any atom is -0.454 e. The molecule has 2 aromatic heterocycles. The van der Waals surface area contributed by atoms with Gasteiger partial charge in [-0.15, -0.1) is 5.10 Å². The van der Waals surface area contributed by atoms with Crippen LogP contribution < -0.4 is 15.0 Å². The van der Waals surface area contributed by atoms with Gasteiger partial charge in [-0.1, -0.05) is 0 Å². The Labute approximate surface area is 178 Å². The first-order valence-electron chi connectivity index (χ1n) is 10.8. The maximum Gasteiger partial charge on any atom is 0.253 e. The summed E-state index contributed by atoms with van der Waals surface area (Å²) in [6.07, 6.45) is 4.34. The molecule has 5 heterocycles. The summed E-state index contributed by atoms with van der Waals surface area (Å²) >= 11 is 0. The summed E-state index contributed by atoms with van der Waals surface area (Å²) in [5.41, 5.74) is 1.21. The Bertz CT molecular complexity index is 1160. The van der Waals surface area contributed by atoms with E-state index in [9.17, 15) is 4.79 Å². The number of rotatable bonds is 5. The van der Waals surface area contributed by atoms with Gasteiger partial charge in [0.05, 0.1) is 18.2 Å². The van der Waals surface area contributed by atoms with Gasteiger partial charge in [-0.3, -0.25) is 9.69 Å². The lowest BCUT2D eigenvalue weighted by Crippen LogP contribution is -2.34. The number of aromatic nitrogens is 5. The average Bonchev–Trinajstić information content (AvgIpc) is 3.57. The highest BCUT2D eigenvalue weighted by Crippen LogP contribution is 2.36. The second-order valence-electron chi connectivity index (χ2n) is 8.35. The Morgan fingerprint density at radius 1 is 1.13 bits per heavy atom. The summed E-state index contributed by atoms with van der Waals surface area (Å²) in [4.78, 5) is 18.5. The topological polar surface area (TPSA) is 107 Å². The Morgan fingerprint density at radius 2 is 1.97 bits per heavy atom. The summed E-state index contributed by atoms with van der Waals surface area (Å²) < 4.78 is 18.6. The Hall–Kier alpha value is -2.98. The van der Waals surface area contributed by atoms with Gasteiger partial charge in [0, 0.05) is 23.6 Å². The number of nitrogens with zero attached hydrogens (tertiary/aromatic N) is 5. The lowest BCUT2D eigenvalue weighted by molar-refractivity contribution is 0.0912. The first-order valence-corrected chi connectivity index (χ1v) is 10.8. The van der Waals surface area contributed by atoms with E-state index < -0.39 is 0 Å². The van der Waals surface area contributed by atoms with Crippen molar-refractivity contribution in [1.82, 2.24) is 30.1 Å². The summed E-state index contributed by atoms with van der Waals surface area (Å²) in [7, 11) is 0. The van der Waals surface area contributed by atoms with Crippen molar-refractivity contribution < 1.29 is 14.2 Å². The van der Waals surface area contributed by atoms with Crippen molar-refractivity contribution in [3.63, 3.8) is 0 Å². The fourth-order valence-electron chi connectivity index (χ4n) is 4.83. The van der Waals surface area contributed by atoms with Gasteiger partial charge < -0.3 is 19.2 Å². The molecular formula is C21H24N6O4. The van der Waals surface area contributed by atoms with Gasteiger partial charge in [-0.2, -0.15) is 0 Å².